The third-order valence-electron chi connectivity index (χ3n) is 2.89. The lowest BCUT2D eigenvalue weighted by Gasteiger charge is -2.07. The molecule has 5 heteroatoms. The number of hydrogen-bond donors (Lipinski definition) is 1. The van der Waals surface area contributed by atoms with Crippen LogP contribution in [0.15, 0.2) is 18.3 Å². The van der Waals surface area contributed by atoms with E-state index in [9.17, 15) is 4.79 Å². The Hall–Kier alpha value is -2.17. The maximum Gasteiger partial charge on any atom is 0.310 e. The van der Waals surface area contributed by atoms with Crippen molar-refractivity contribution < 1.29 is 19.0 Å². The molecule has 102 valence electrons. The van der Waals surface area contributed by atoms with E-state index in [1.54, 1.807) is 33.4 Å². The Bertz CT molecular complexity index is 588. The number of hydrogen-bond acceptors (Lipinski definition) is 4. The summed E-state index contributed by atoms with van der Waals surface area (Å²) in [5.41, 5.74) is 1.73. The minimum atomic E-state index is -0.249. The second-order valence-corrected chi connectivity index (χ2v) is 4.05. The van der Waals surface area contributed by atoms with E-state index in [1.807, 2.05) is 6.07 Å². The van der Waals surface area contributed by atoms with Gasteiger partial charge in [-0.25, -0.2) is 0 Å². The summed E-state index contributed by atoms with van der Waals surface area (Å²) >= 11 is 0. The average molecular weight is 263 g/mol. The Balaban J connectivity index is 2.43. The lowest BCUT2D eigenvalue weighted by Crippen LogP contribution is -2.07. The number of nitrogens with one attached hydrogen (secondary N) is 1. The molecule has 0 fully saturated rings. The number of carbonyl (C=O) groups excluding carboxylic acids is 1. The normalized spacial score (nSPS) is 10.5. The van der Waals surface area contributed by atoms with Gasteiger partial charge in [0.1, 0.15) is 11.5 Å². The highest BCUT2D eigenvalue weighted by molar-refractivity contribution is 5.93. The van der Waals surface area contributed by atoms with Crippen molar-refractivity contribution in [2.75, 3.05) is 20.8 Å². The van der Waals surface area contributed by atoms with Crippen molar-refractivity contribution in [1.29, 1.82) is 0 Å². The predicted molar refractivity (Wildman–Crippen MR) is 71.7 cm³/mol. The Morgan fingerprint density at radius 3 is 2.68 bits per heavy atom. The average Bonchev–Trinajstić information content (AvgIpc) is 2.81. The van der Waals surface area contributed by atoms with Gasteiger partial charge in [-0.1, -0.05) is 0 Å². The molecular formula is C14H17NO4. The van der Waals surface area contributed by atoms with Crippen LogP contribution in [0, 0.1) is 0 Å². The highest BCUT2D eigenvalue weighted by Gasteiger charge is 2.14. The molecule has 0 aliphatic heterocycles. The number of carbonyl (C=O) groups is 1. The molecule has 0 spiro atoms. The van der Waals surface area contributed by atoms with E-state index in [0.29, 0.717) is 18.1 Å². The molecule has 5 nitrogen and oxygen atoms in total. The van der Waals surface area contributed by atoms with Gasteiger partial charge in [0.25, 0.3) is 0 Å². The lowest BCUT2D eigenvalue weighted by molar-refractivity contribution is -0.142. The third kappa shape index (κ3) is 2.65. The fourth-order valence-electron chi connectivity index (χ4n) is 2.06. The highest BCUT2D eigenvalue weighted by atomic mass is 16.5. The second-order valence-electron chi connectivity index (χ2n) is 4.05. The standard InChI is InChI=1S/C14H17NO4/c1-4-19-13(16)5-9-8-15-11-6-10(17-2)7-12(18-3)14(9)11/h6-8,15H,4-5H2,1-3H3. The van der Waals surface area contributed by atoms with E-state index >= 15 is 0 Å². The quantitative estimate of drug-likeness (QED) is 0.841. The molecule has 19 heavy (non-hydrogen) atoms. The smallest absolute Gasteiger partial charge is 0.310 e. The first kappa shape index (κ1) is 13.3. The maximum atomic E-state index is 11.6. The van der Waals surface area contributed by atoms with E-state index in [1.165, 1.54) is 0 Å². The van der Waals surface area contributed by atoms with Gasteiger partial charge < -0.3 is 19.2 Å². The summed E-state index contributed by atoms with van der Waals surface area (Å²) in [5, 5.41) is 0.886. The molecule has 0 radical (unpaired) electrons. The number of aromatic amines is 1. The van der Waals surface area contributed by atoms with Crippen molar-refractivity contribution in [1.82, 2.24) is 4.98 Å². The number of rotatable bonds is 5. The third-order valence-corrected chi connectivity index (χ3v) is 2.89. The van der Waals surface area contributed by atoms with Gasteiger partial charge in [0.05, 0.1) is 32.8 Å². The molecule has 0 aliphatic rings. The SMILES string of the molecule is CCOC(=O)Cc1c[nH]c2cc(OC)cc(OC)c12. The molecule has 0 saturated carbocycles. The molecule has 1 N–H and O–H groups in total. The van der Waals surface area contributed by atoms with Crippen LogP contribution in [0.1, 0.15) is 12.5 Å². The summed E-state index contributed by atoms with van der Waals surface area (Å²) in [5.74, 6) is 1.13. The summed E-state index contributed by atoms with van der Waals surface area (Å²) in [6, 6.07) is 3.66. The summed E-state index contributed by atoms with van der Waals surface area (Å²) in [4.78, 5) is 14.7. The van der Waals surface area contributed by atoms with Crippen LogP contribution in [0.2, 0.25) is 0 Å². The van der Waals surface area contributed by atoms with Gasteiger partial charge in [0.2, 0.25) is 0 Å². The summed E-state index contributed by atoms with van der Waals surface area (Å²) in [6.07, 6.45) is 2.01. The zero-order chi connectivity index (χ0) is 13.8. The van der Waals surface area contributed by atoms with Gasteiger partial charge in [-0.2, -0.15) is 0 Å². The van der Waals surface area contributed by atoms with E-state index in [0.717, 1.165) is 16.5 Å². The molecule has 0 bridgehead atoms. The van der Waals surface area contributed by atoms with E-state index in [2.05, 4.69) is 4.98 Å². The molecule has 2 rings (SSSR count). The van der Waals surface area contributed by atoms with Crippen molar-refractivity contribution in [2.24, 2.45) is 0 Å². The fourth-order valence-corrected chi connectivity index (χ4v) is 2.06. The molecule has 0 unspecified atom stereocenters. The monoisotopic (exact) mass is 263 g/mol. The van der Waals surface area contributed by atoms with E-state index in [4.69, 9.17) is 14.2 Å². The Morgan fingerprint density at radius 1 is 1.26 bits per heavy atom. The minimum Gasteiger partial charge on any atom is -0.497 e. The zero-order valence-corrected chi connectivity index (χ0v) is 11.3. The molecule has 0 atom stereocenters. The van der Waals surface area contributed by atoms with Crippen LogP contribution in [0.3, 0.4) is 0 Å². The molecule has 1 aromatic carbocycles. The molecule has 0 saturated heterocycles. The van der Waals surface area contributed by atoms with Crippen molar-refractivity contribution in [2.45, 2.75) is 13.3 Å². The minimum absolute atomic E-state index is 0.219. The number of esters is 1. The lowest BCUT2D eigenvalue weighted by atomic mass is 10.1. The van der Waals surface area contributed by atoms with Crippen LogP contribution in [0.25, 0.3) is 10.9 Å². The zero-order valence-electron chi connectivity index (χ0n) is 11.3. The first-order chi connectivity index (χ1) is 9.19. The van der Waals surface area contributed by atoms with Crippen LogP contribution >= 0.6 is 0 Å². The second kappa shape index (κ2) is 5.65. The Morgan fingerprint density at radius 2 is 2.05 bits per heavy atom. The number of ether oxygens (including phenoxy) is 3. The summed E-state index contributed by atoms with van der Waals surface area (Å²) in [7, 11) is 3.19. The highest BCUT2D eigenvalue weighted by Crippen LogP contribution is 2.33. The molecule has 1 aromatic heterocycles. The number of methoxy groups -OCH3 is 2. The molecule has 0 aliphatic carbocycles. The number of H-pyrrole nitrogens is 1. The summed E-state index contributed by atoms with van der Waals surface area (Å²) in [6.45, 7) is 2.17. The molecular weight excluding hydrogens is 246 g/mol. The largest absolute Gasteiger partial charge is 0.497 e. The van der Waals surface area contributed by atoms with Crippen molar-refractivity contribution in [3.8, 4) is 11.5 Å². The van der Waals surface area contributed by atoms with Crippen LogP contribution in [0.5, 0.6) is 11.5 Å². The van der Waals surface area contributed by atoms with Gasteiger partial charge in [-0.05, 0) is 12.5 Å². The molecule has 0 amide bonds. The Labute approximate surface area is 111 Å². The van der Waals surface area contributed by atoms with Gasteiger partial charge in [0.15, 0.2) is 0 Å². The van der Waals surface area contributed by atoms with Gasteiger partial charge in [-0.15, -0.1) is 0 Å². The van der Waals surface area contributed by atoms with Gasteiger partial charge >= 0.3 is 5.97 Å². The van der Waals surface area contributed by atoms with E-state index < -0.39 is 0 Å². The first-order valence-electron chi connectivity index (χ1n) is 6.07. The van der Waals surface area contributed by atoms with Gasteiger partial charge in [0, 0.05) is 23.7 Å². The van der Waals surface area contributed by atoms with Crippen LogP contribution in [-0.4, -0.2) is 31.8 Å². The molecule has 1 heterocycles. The van der Waals surface area contributed by atoms with Crippen molar-refractivity contribution in [3.63, 3.8) is 0 Å². The topological polar surface area (TPSA) is 60.6 Å². The van der Waals surface area contributed by atoms with Crippen LogP contribution in [-0.2, 0) is 16.0 Å². The fraction of sp³-hybridized carbons (Fsp3) is 0.357. The summed E-state index contributed by atoms with van der Waals surface area (Å²) < 4.78 is 15.5. The first-order valence-corrected chi connectivity index (χ1v) is 6.07. The number of fused-ring (bicyclic) bond motifs is 1. The van der Waals surface area contributed by atoms with Gasteiger partial charge in [-0.3, -0.25) is 4.79 Å². The van der Waals surface area contributed by atoms with Crippen LogP contribution in [0.4, 0.5) is 0 Å². The number of aromatic nitrogens is 1. The van der Waals surface area contributed by atoms with Crippen molar-refractivity contribution in [3.05, 3.63) is 23.9 Å². The van der Waals surface area contributed by atoms with Crippen LogP contribution < -0.4 is 9.47 Å². The predicted octanol–water partition coefficient (Wildman–Crippen LogP) is 2.29. The molecule has 2 aromatic rings. The van der Waals surface area contributed by atoms with E-state index in [-0.39, 0.29) is 12.4 Å². The Kier molecular flexibility index (Phi) is 3.94. The number of benzene rings is 1. The van der Waals surface area contributed by atoms with Crippen molar-refractivity contribution >= 4 is 16.9 Å². The maximum absolute atomic E-state index is 11.6.